The minimum Gasteiger partial charge on any atom is -0.393 e. The van der Waals surface area contributed by atoms with E-state index >= 15 is 0 Å². The van der Waals surface area contributed by atoms with Crippen LogP contribution in [0.15, 0.2) is 54.6 Å². The van der Waals surface area contributed by atoms with Gasteiger partial charge in [0.15, 0.2) is 0 Å². The fraction of sp³-hybridized carbons (Fsp3) is 0.400. The van der Waals surface area contributed by atoms with Crippen molar-refractivity contribution in [3.05, 3.63) is 71.3 Å². The van der Waals surface area contributed by atoms with Crippen LogP contribution in [0, 0.1) is 11.8 Å². The van der Waals surface area contributed by atoms with Gasteiger partial charge in [-0.05, 0) is 60.1 Å². The lowest BCUT2D eigenvalue weighted by molar-refractivity contribution is 0.133. The molecule has 1 fully saturated rings. The fourth-order valence-corrected chi connectivity index (χ4v) is 4.30. The molecule has 1 N–H and O–H groups in total. The normalized spacial score (nSPS) is 27.6. The summed E-state index contributed by atoms with van der Waals surface area (Å²) in [5.74, 6) is 1.85. The van der Waals surface area contributed by atoms with Crippen LogP contribution in [0.25, 0.3) is 0 Å². The highest BCUT2D eigenvalue weighted by Crippen LogP contribution is 2.61. The molecule has 0 aliphatic heterocycles. The lowest BCUT2D eigenvalue weighted by Crippen LogP contribution is -2.12. The molecule has 0 heterocycles. The lowest BCUT2D eigenvalue weighted by Gasteiger charge is -2.13. The van der Waals surface area contributed by atoms with Gasteiger partial charge in [0.2, 0.25) is 0 Å². The van der Waals surface area contributed by atoms with E-state index in [4.69, 9.17) is 0 Å². The van der Waals surface area contributed by atoms with Gasteiger partial charge < -0.3 is 5.11 Å². The summed E-state index contributed by atoms with van der Waals surface area (Å²) >= 11 is 0. The maximum Gasteiger partial charge on any atom is 0.0580 e. The first-order valence-electron chi connectivity index (χ1n) is 8.14. The van der Waals surface area contributed by atoms with Crippen LogP contribution in [0.2, 0.25) is 0 Å². The molecule has 2 aromatic rings. The third-order valence-electron chi connectivity index (χ3n) is 5.41. The summed E-state index contributed by atoms with van der Waals surface area (Å²) in [6.07, 6.45) is 4.18. The van der Waals surface area contributed by atoms with Gasteiger partial charge in [-0.15, -0.1) is 0 Å². The number of aryl methyl sites for hydroxylation is 2. The van der Waals surface area contributed by atoms with Crippen LogP contribution in [0.5, 0.6) is 0 Å². The molecule has 0 spiro atoms. The molecule has 2 aromatic carbocycles. The maximum atomic E-state index is 10.6. The summed E-state index contributed by atoms with van der Waals surface area (Å²) in [5.41, 5.74) is 4.36. The number of benzene rings is 2. The van der Waals surface area contributed by atoms with Gasteiger partial charge in [-0.1, -0.05) is 54.6 Å². The summed E-state index contributed by atoms with van der Waals surface area (Å²) in [7, 11) is 0. The second kappa shape index (κ2) is 5.31. The van der Waals surface area contributed by atoms with Gasteiger partial charge in [-0.3, -0.25) is 0 Å². The minimum atomic E-state index is -0.147. The van der Waals surface area contributed by atoms with Crippen LogP contribution in [0.1, 0.15) is 35.4 Å². The zero-order chi connectivity index (χ0) is 14.2. The minimum absolute atomic E-state index is 0.147. The van der Waals surface area contributed by atoms with E-state index in [2.05, 4.69) is 48.5 Å². The molecule has 0 aromatic heterocycles. The van der Waals surface area contributed by atoms with Crippen LogP contribution in [0.3, 0.4) is 0 Å². The average Bonchev–Trinajstić information content (AvgIpc) is 3.29. The SMILES string of the molecule is OC(CCc1ccccc1)C1C2CCc3ccccc3C21. The van der Waals surface area contributed by atoms with Crippen molar-refractivity contribution in [3.63, 3.8) is 0 Å². The molecule has 2 aliphatic rings. The number of aliphatic hydroxyl groups excluding tert-OH is 1. The van der Waals surface area contributed by atoms with Crippen LogP contribution in [0.4, 0.5) is 0 Å². The molecule has 0 saturated heterocycles. The number of fused-ring (bicyclic) bond motifs is 3. The smallest absolute Gasteiger partial charge is 0.0580 e. The Morgan fingerprint density at radius 1 is 1.00 bits per heavy atom. The Balaban J connectivity index is 1.42. The predicted octanol–water partition coefficient (Wildman–Crippen LogP) is 3.96. The summed E-state index contributed by atoms with van der Waals surface area (Å²) in [6.45, 7) is 0. The zero-order valence-corrected chi connectivity index (χ0v) is 12.3. The third kappa shape index (κ3) is 2.40. The van der Waals surface area contributed by atoms with E-state index in [-0.39, 0.29) is 6.10 Å². The van der Waals surface area contributed by atoms with Crippen molar-refractivity contribution in [1.29, 1.82) is 0 Å². The Morgan fingerprint density at radius 3 is 2.62 bits per heavy atom. The Morgan fingerprint density at radius 2 is 1.76 bits per heavy atom. The topological polar surface area (TPSA) is 20.2 Å². The Bertz CT molecular complexity index is 619. The number of aliphatic hydroxyl groups is 1. The summed E-state index contributed by atoms with van der Waals surface area (Å²) in [4.78, 5) is 0. The number of hydrogen-bond acceptors (Lipinski definition) is 1. The van der Waals surface area contributed by atoms with Gasteiger partial charge in [0.1, 0.15) is 0 Å². The Kier molecular flexibility index (Phi) is 3.31. The molecule has 1 saturated carbocycles. The molecule has 0 amide bonds. The summed E-state index contributed by atoms with van der Waals surface area (Å²) in [5, 5.41) is 10.6. The first-order chi connectivity index (χ1) is 10.3. The fourth-order valence-electron chi connectivity index (χ4n) is 4.30. The highest BCUT2D eigenvalue weighted by Gasteiger charge is 2.55. The van der Waals surface area contributed by atoms with E-state index in [0.717, 1.165) is 18.8 Å². The standard InChI is InChI=1S/C20H22O/c21-18(13-10-14-6-2-1-3-7-14)20-17-12-11-15-8-4-5-9-16(15)19(17)20/h1-9,17-21H,10-13H2. The summed E-state index contributed by atoms with van der Waals surface area (Å²) < 4.78 is 0. The molecular weight excluding hydrogens is 256 g/mol. The van der Waals surface area contributed by atoms with Gasteiger partial charge in [-0.2, -0.15) is 0 Å². The predicted molar refractivity (Wildman–Crippen MR) is 85.3 cm³/mol. The first kappa shape index (κ1) is 13.1. The van der Waals surface area contributed by atoms with Crippen LogP contribution in [-0.4, -0.2) is 11.2 Å². The van der Waals surface area contributed by atoms with E-state index in [1.165, 1.54) is 29.5 Å². The van der Waals surface area contributed by atoms with E-state index in [9.17, 15) is 5.11 Å². The van der Waals surface area contributed by atoms with Crippen molar-refractivity contribution < 1.29 is 5.11 Å². The van der Waals surface area contributed by atoms with Crippen molar-refractivity contribution in [2.75, 3.05) is 0 Å². The highest BCUT2D eigenvalue weighted by atomic mass is 16.3. The Labute approximate surface area is 126 Å². The van der Waals surface area contributed by atoms with Crippen LogP contribution in [-0.2, 0) is 12.8 Å². The summed E-state index contributed by atoms with van der Waals surface area (Å²) in [6, 6.07) is 19.3. The maximum absolute atomic E-state index is 10.6. The molecule has 2 aliphatic carbocycles. The highest BCUT2D eigenvalue weighted by molar-refractivity contribution is 5.39. The molecule has 0 bridgehead atoms. The molecule has 4 atom stereocenters. The van der Waals surface area contributed by atoms with Gasteiger partial charge in [0.05, 0.1) is 6.10 Å². The average molecular weight is 278 g/mol. The molecule has 4 rings (SSSR count). The monoisotopic (exact) mass is 278 g/mol. The van der Waals surface area contributed by atoms with E-state index < -0.39 is 0 Å². The largest absolute Gasteiger partial charge is 0.393 e. The van der Waals surface area contributed by atoms with Crippen molar-refractivity contribution in [3.8, 4) is 0 Å². The molecule has 4 unspecified atom stereocenters. The van der Waals surface area contributed by atoms with Crippen molar-refractivity contribution in [2.45, 2.75) is 37.7 Å². The quantitative estimate of drug-likeness (QED) is 0.897. The van der Waals surface area contributed by atoms with Crippen molar-refractivity contribution in [1.82, 2.24) is 0 Å². The molecule has 1 nitrogen and oxygen atoms in total. The molecule has 108 valence electrons. The third-order valence-corrected chi connectivity index (χ3v) is 5.41. The van der Waals surface area contributed by atoms with Gasteiger partial charge in [0.25, 0.3) is 0 Å². The molecule has 0 radical (unpaired) electrons. The second-order valence-corrected chi connectivity index (χ2v) is 6.60. The number of hydrogen-bond donors (Lipinski definition) is 1. The van der Waals surface area contributed by atoms with E-state index in [1.54, 1.807) is 0 Å². The first-order valence-corrected chi connectivity index (χ1v) is 8.14. The van der Waals surface area contributed by atoms with Gasteiger partial charge in [0, 0.05) is 0 Å². The molecular formula is C20H22O. The second-order valence-electron chi connectivity index (χ2n) is 6.60. The van der Waals surface area contributed by atoms with Crippen LogP contribution >= 0.6 is 0 Å². The Hall–Kier alpha value is -1.60. The van der Waals surface area contributed by atoms with Gasteiger partial charge >= 0.3 is 0 Å². The van der Waals surface area contributed by atoms with Gasteiger partial charge in [-0.25, -0.2) is 0 Å². The van der Waals surface area contributed by atoms with Crippen molar-refractivity contribution >= 4 is 0 Å². The van der Waals surface area contributed by atoms with Crippen molar-refractivity contribution in [2.24, 2.45) is 11.8 Å². The molecule has 21 heavy (non-hydrogen) atoms. The number of rotatable bonds is 4. The van der Waals surface area contributed by atoms with E-state index in [1.807, 2.05) is 6.07 Å². The van der Waals surface area contributed by atoms with Crippen LogP contribution < -0.4 is 0 Å². The lowest BCUT2D eigenvalue weighted by atomic mass is 9.92. The zero-order valence-electron chi connectivity index (χ0n) is 12.3. The molecule has 1 heteroatoms. The van der Waals surface area contributed by atoms with E-state index in [0.29, 0.717) is 11.8 Å².